The predicted molar refractivity (Wildman–Crippen MR) is 81.7 cm³/mol. The van der Waals surface area contributed by atoms with Crippen molar-refractivity contribution in [2.24, 2.45) is 0 Å². The molecule has 0 fully saturated rings. The first kappa shape index (κ1) is 12.2. The third-order valence-electron chi connectivity index (χ3n) is 4.01. The van der Waals surface area contributed by atoms with Crippen LogP contribution in [0.4, 0.5) is 0 Å². The molecule has 104 valence electrons. The van der Waals surface area contributed by atoms with Gasteiger partial charge in [0.05, 0.1) is 5.69 Å². The minimum absolute atomic E-state index is 0.216. The van der Waals surface area contributed by atoms with Gasteiger partial charge in [0.25, 0.3) is 0 Å². The Kier molecular flexibility index (Phi) is 2.78. The number of Topliss-reactive ketones (excluding diaryl/α,β-unsaturated/α-hetero) is 1. The SMILES string of the molecule is O=C1CCc2c1[nH]c1ccc(OCc3ccccc3)cc21. The maximum atomic E-state index is 11.8. The van der Waals surface area contributed by atoms with Gasteiger partial charge in [0, 0.05) is 17.3 Å². The summed E-state index contributed by atoms with van der Waals surface area (Å²) in [7, 11) is 0. The van der Waals surface area contributed by atoms with Gasteiger partial charge >= 0.3 is 0 Å². The molecule has 1 aromatic heterocycles. The number of ketones is 1. The van der Waals surface area contributed by atoms with Crippen molar-refractivity contribution in [3.63, 3.8) is 0 Å². The van der Waals surface area contributed by atoms with Crippen LogP contribution in [0.5, 0.6) is 5.75 Å². The maximum Gasteiger partial charge on any atom is 0.179 e. The smallest absolute Gasteiger partial charge is 0.179 e. The first-order chi connectivity index (χ1) is 10.3. The fraction of sp³-hybridized carbons (Fsp3) is 0.167. The molecule has 0 spiro atoms. The lowest BCUT2D eigenvalue weighted by atomic mass is 10.1. The van der Waals surface area contributed by atoms with Crippen LogP contribution >= 0.6 is 0 Å². The molecular formula is C18H15NO2. The van der Waals surface area contributed by atoms with Gasteiger partial charge in [-0.1, -0.05) is 30.3 Å². The number of H-pyrrole nitrogens is 1. The number of hydrogen-bond acceptors (Lipinski definition) is 2. The first-order valence-corrected chi connectivity index (χ1v) is 7.16. The van der Waals surface area contributed by atoms with E-state index in [9.17, 15) is 4.79 Å². The van der Waals surface area contributed by atoms with Gasteiger partial charge in [-0.2, -0.15) is 0 Å². The van der Waals surface area contributed by atoms with Crippen molar-refractivity contribution in [1.82, 2.24) is 4.98 Å². The van der Waals surface area contributed by atoms with E-state index >= 15 is 0 Å². The van der Waals surface area contributed by atoms with Crippen LogP contribution in [0, 0.1) is 0 Å². The van der Waals surface area contributed by atoms with Crippen LogP contribution in [0.1, 0.15) is 28.0 Å². The molecule has 4 rings (SSSR count). The van der Waals surface area contributed by atoms with Crippen LogP contribution < -0.4 is 4.74 Å². The highest BCUT2D eigenvalue weighted by Gasteiger charge is 2.24. The molecule has 1 N–H and O–H groups in total. The third-order valence-corrected chi connectivity index (χ3v) is 4.01. The van der Waals surface area contributed by atoms with Gasteiger partial charge in [-0.05, 0) is 35.7 Å². The molecule has 1 heterocycles. The second kappa shape index (κ2) is 4.77. The molecule has 0 unspecified atom stereocenters. The highest BCUT2D eigenvalue weighted by Crippen LogP contribution is 2.32. The van der Waals surface area contributed by atoms with Crippen molar-refractivity contribution in [3.8, 4) is 5.75 Å². The summed E-state index contributed by atoms with van der Waals surface area (Å²) in [5, 5.41) is 1.11. The van der Waals surface area contributed by atoms with E-state index in [1.807, 2.05) is 48.5 Å². The Labute approximate surface area is 122 Å². The molecule has 3 nitrogen and oxygen atoms in total. The zero-order chi connectivity index (χ0) is 14.2. The summed E-state index contributed by atoms with van der Waals surface area (Å²) < 4.78 is 5.86. The van der Waals surface area contributed by atoms with Gasteiger partial charge in [-0.25, -0.2) is 0 Å². The van der Waals surface area contributed by atoms with Crippen LogP contribution in [-0.4, -0.2) is 10.8 Å². The number of aryl methyl sites for hydroxylation is 1. The van der Waals surface area contributed by atoms with E-state index < -0.39 is 0 Å². The fourth-order valence-electron chi connectivity index (χ4n) is 2.92. The number of benzene rings is 2. The zero-order valence-corrected chi connectivity index (χ0v) is 11.6. The number of aromatic nitrogens is 1. The van der Waals surface area contributed by atoms with E-state index in [1.54, 1.807) is 0 Å². The van der Waals surface area contributed by atoms with Crippen molar-refractivity contribution in [2.45, 2.75) is 19.4 Å². The minimum atomic E-state index is 0.216. The molecule has 2 aromatic carbocycles. The Hall–Kier alpha value is -2.55. The summed E-state index contributed by atoms with van der Waals surface area (Å²) in [6.45, 7) is 0.553. The number of carbonyl (C=O) groups is 1. The molecule has 0 radical (unpaired) electrons. The number of nitrogens with one attached hydrogen (secondary N) is 1. The van der Waals surface area contributed by atoms with Crippen molar-refractivity contribution >= 4 is 16.7 Å². The van der Waals surface area contributed by atoms with E-state index in [4.69, 9.17) is 4.74 Å². The summed E-state index contributed by atoms with van der Waals surface area (Å²) in [6, 6.07) is 16.1. The lowest BCUT2D eigenvalue weighted by Gasteiger charge is -2.06. The maximum absolute atomic E-state index is 11.8. The van der Waals surface area contributed by atoms with Gasteiger partial charge in [-0.3, -0.25) is 4.79 Å². The van der Waals surface area contributed by atoms with Crippen molar-refractivity contribution in [1.29, 1.82) is 0 Å². The molecule has 1 aliphatic rings. The molecule has 0 aliphatic heterocycles. The monoisotopic (exact) mass is 277 g/mol. The molecule has 0 bridgehead atoms. The highest BCUT2D eigenvalue weighted by atomic mass is 16.5. The molecule has 21 heavy (non-hydrogen) atoms. The quantitative estimate of drug-likeness (QED) is 0.789. The van der Waals surface area contributed by atoms with E-state index in [0.717, 1.165) is 39.9 Å². The molecule has 0 atom stereocenters. The standard InChI is InChI=1S/C18H15NO2/c20-17-9-7-14-15-10-13(6-8-16(15)19-18(14)17)21-11-12-4-2-1-3-5-12/h1-6,8,10,19H,7,9,11H2. The predicted octanol–water partition coefficient (Wildman–Crippen LogP) is 3.88. The summed E-state index contributed by atoms with van der Waals surface area (Å²) in [6.07, 6.45) is 1.45. The Balaban J connectivity index is 1.63. The number of ether oxygens (including phenoxy) is 1. The van der Waals surface area contributed by atoms with Crippen LogP contribution in [-0.2, 0) is 13.0 Å². The number of rotatable bonds is 3. The second-order valence-corrected chi connectivity index (χ2v) is 5.38. The van der Waals surface area contributed by atoms with Gasteiger partial charge in [0.15, 0.2) is 5.78 Å². The van der Waals surface area contributed by atoms with Crippen LogP contribution in [0.25, 0.3) is 10.9 Å². The van der Waals surface area contributed by atoms with Gasteiger partial charge in [-0.15, -0.1) is 0 Å². The van der Waals surface area contributed by atoms with Crippen molar-refractivity contribution < 1.29 is 9.53 Å². The third kappa shape index (κ3) is 2.11. The Morgan fingerprint density at radius 3 is 2.76 bits per heavy atom. The lowest BCUT2D eigenvalue weighted by molar-refractivity contribution is 0.0990. The lowest BCUT2D eigenvalue weighted by Crippen LogP contribution is -1.94. The first-order valence-electron chi connectivity index (χ1n) is 7.16. The van der Waals surface area contributed by atoms with E-state index in [-0.39, 0.29) is 5.78 Å². The summed E-state index contributed by atoms with van der Waals surface area (Å²) >= 11 is 0. The van der Waals surface area contributed by atoms with E-state index in [0.29, 0.717) is 13.0 Å². The zero-order valence-electron chi connectivity index (χ0n) is 11.6. The summed E-state index contributed by atoms with van der Waals surface area (Å²) in [5.41, 5.74) is 4.08. The number of aromatic amines is 1. The molecular weight excluding hydrogens is 262 g/mol. The number of hydrogen-bond donors (Lipinski definition) is 1. The molecule has 3 heteroatoms. The normalized spacial score (nSPS) is 13.6. The number of fused-ring (bicyclic) bond motifs is 3. The average Bonchev–Trinajstić information content (AvgIpc) is 3.06. The van der Waals surface area contributed by atoms with Crippen LogP contribution in [0.15, 0.2) is 48.5 Å². The second-order valence-electron chi connectivity index (χ2n) is 5.38. The van der Waals surface area contributed by atoms with Crippen molar-refractivity contribution in [3.05, 3.63) is 65.4 Å². The summed E-state index contributed by atoms with van der Waals surface area (Å²) in [4.78, 5) is 15.0. The molecule has 0 amide bonds. The number of carbonyl (C=O) groups excluding carboxylic acids is 1. The largest absolute Gasteiger partial charge is 0.489 e. The van der Waals surface area contributed by atoms with Gasteiger partial charge in [0.2, 0.25) is 0 Å². The summed E-state index contributed by atoms with van der Waals surface area (Å²) in [5.74, 6) is 1.06. The van der Waals surface area contributed by atoms with E-state index in [2.05, 4.69) is 4.98 Å². The molecule has 3 aromatic rings. The molecule has 0 saturated heterocycles. The van der Waals surface area contributed by atoms with Crippen LogP contribution in [0.2, 0.25) is 0 Å². The highest BCUT2D eigenvalue weighted by molar-refractivity contribution is 6.05. The van der Waals surface area contributed by atoms with E-state index in [1.165, 1.54) is 0 Å². The molecule has 0 saturated carbocycles. The minimum Gasteiger partial charge on any atom is -0.489 e. The Morgan fingerprint density at radius 1 is 1.05 bits per heavy atom. The molecule has 1 aliphatic carbocycles. The topological polar surface area (TPSA) is 42.1 Å². The van der Waals surface area contributed by atoms with Gasteiger partial charge < -0.3 is 9.72 Å². The van der Waals surface area contributed by atoms with Crippen molar-refractivity contribution in [2.75, 3.05) is 0 Å². The fourth-order valence-corrected chi connectivity index (χ4v) is 2.92. The average molecular weight is 277 g/mol. The Morgan fingerprint density at radius 2 is 1.90 bits per heavy atom. The Bertz CT molecular complexity index is 818. The van der Waals surface area contributed by atoms with Gasteiger partial charge in [0.1, 0.15) is 12.4 Å². The van der Waals surface area contributed by atoms with Crippen LogP contribution in [0.3, 0.4) is 0 Å².